The first-order valence-corrected chi connectivity index (χ1v) is 10.5. The Balaban J connectivity index is 1.22. The third-order valence-corrected chi connectivity index (χ3v) is 5.31. The van der Waals surface area contributed by atoms with Crippen LogP contribution in [0.4, 0.5) is 5.82 Å². The van der Waals surface area contributed by atoms with Gasteiger partial charge in [0.15, 0.2) is 0 Å². The lowest BCUT2D eigenvalue weighted by atomic mass is 10.0. The molecule has 0 atom stereocenters. The molecule has 1 saturated heterocycles. The minimum absolute atomic E-state index is 0.0527. The smallest absolute Gasteiger partial charge is 0.239 e. The third kappa shape index (κ3) is 5.58. The van der Waals surface area contributed by atoms with Gasteiger partial charge in [-0.2, -0.15) is 0 Å². The second-order valence-corrected chi connectivity index (χ2v) is 7.49. The SMILES string of the molecule is O=C(CNC(=O)Cc1cccc2ccccc12)NCc1ccc(N2CCOCC2)nc1. The molecule has 3 aromatic rings. The van der Waals surface area contributed by atoms with Crippen molar-refractivity contribution in [2.45, 2.75) is 13.0 Å². The van der Waals surface area contributed by atoms with Crippen LogP contribution in [0.15, 0.2) is 60.8 Å². The molecule has 0 radical (unpaired) electrons. The van der Waals surface area contributed by atoms with Crippen molar-refractivity contribution in [3.63, 3.8) is 0 Å². The number of pyridine rings is 1. The molecular weight excluding hydrogens is 392 g/mol. The van der Waals surface area contributed by atoms with Crippen molar-refractivity contribution >= 4 is 28.4 Å². The minimum Gasteiger partial charge on any atom is -0.378 e. The number of rotatable bonds is 7. The number of morpholine rings is 1. The van der Waals surface area contributed by atoms with E-state index in [2.05, 4.69) is 20.5 Å². The normalized spacial score (nSPS) is 13.7. The summed E-state index contributed by atoms with van der Waals surface area (Å²) in [7, 11) is 0. The predicted octanol–water partition coefficient (Wildman–Crippen LogP) is 2.05. The number of anilines is 1. The number of carbonyl (C=O) groups excluding carboxylic acids is 2. The summed E-state index contributed by atoms with van der Waals surface area (Å²) in [5.74, 6) is 0.505. The largest absolute Gasteiger partial charge is 0.378 e. The molecule has 160 valence electrons. The van der Waals surface area contributed by atoms with Crippen LogP contribution in [0.5, 0.6) is 0 Å². The molecule has 2 amide bonds. The molecule has 1 aliphatic heterocycles. The van der Waals surface area contributed by atoms with E-state index in [1.807, 2.05) is 54.6 Å². The van der Waals surface area contributed by atoms with E-state index >= 15 is 0 Å². The highest BCUT2D eigenvalue weighted by atomic mass is 16.5. The lowest BCUT2D eigenvalue weighted by molar-refractivity contribution is -0.125. The number of amides is 2. The number of nitrogens with zero attached hydrogens (tertiary/aromatic N) is 2. The van der Waals surface area contributed by atoms with Gasteiger partial charge in [0, 0.05) is 25.8 Å². The Kier molecular flexibility index (Phi) is 6.74. The van der Waals surface area contributed by atoms with Gasteiger partial charge in [-0.3, -0.25) is 9.59 Å². The van der Waals surface area contributed by atoms with Crippen LogP contribution >= 0.6 is 0 Å². The van der Waals surface area contributed by atoms with Crippen molar-refractivity contribution in [3.05, 3.63) is 71.9 Å². The van der Waals surface area contributed by atoms with Gasteiger partial charge in [-0.05, 0) is 28.0 Å². The molecule has 1 aromatic heterocycles. The van der Waals surface area contributed by atoms with Crippen LogP contribution < -0.4 is 15.5 Å². The summed E-state index contributed by atoms with van der Waals surface area (Å²) >= 11 is 0. The molecule has 0 saturated carbocycles. The predicted molar refractivity (Wildman–Crippen MR) is 120 cm³/mol. The van der Waals surface area contributed by atoms with E-state index in [0.717, 1.165) is 40.8 Å². The van der Waals surface area contributed by atoms with Gasteiger partial charge in [0.2, 0.25) is 11.8 Å². The fourth-order valence-corrected chi connectivity index (χ4v) is 3.62. The van der Waals surface area contributed by atoms with Crippen LogP contribution in [0, 0.1) is 0 Å². The van der Waals surface area contributed by atoms with Crippen molar-refractivity contribution in [3.8, 4) is 0 Å². The van der Waals surface area contributed by atoms with E-state index in [1.54, 1.807) is 6.20 Å². The standard InChI is InChI=1S/C24H26N4O3/c29-23(14-20-6-3-5-19-4-1-2-7-21(19)20)27-17-24(30)26-16-18-8-9-22(25-15-18)28-10-12-31-13-11-28/h1-9,15H,10-14,16-17H2,(H,26,30)(H,27,29). The van der Waals surface area contributed by atoms with Crippen molar-refractivity contribution in [2.24, 2.45) is 0 Å². The topological polar surface area (TPSA) is 83.6 Å². The van der Waals surface area contributed by atoms with Crippen molar-refractivity contribution < 1.29 is 14.3 Å². The van der Waals surface area contributed by atoms with Crippen molar-refractivity contribution in [1.82, 2.24) is 15.6 Å². The average molecular weight is 418 g/mol. The Morgan fingerprint density at radius 1 is 0.935 bits per heavy atom. The first-order chi connectivity index (χ1) is 15.2. The van der Waals surface area contributed by atoms with Gasteiger partial charge in [-0.1, -0.05) is 48.5 Å². The number of aromatic nitrogens is 1. The van der Waals surface area contributed by atoms with Crippen LogP contribution in [-0.2, 0) is 27.3 Å². The van der Waals surface area contributed by atoms with E-state index in [0.29, 0.717) is 19.8 Å². The molecule has 2 heterocycles. The zero-order valence-corrected chi connectivity index (χ0v) is 17.3. The lowest BCUT2D eigenvalue weighted by Crippen LogP contribution is -2.37. The van der Waals surface area contributed by atoms with E-state index in [-0.39, 0.29) is 24.8 Å². The third-order valence-electron chi connectivity index (χ3n) is 5.31. The van der Waals surface area contributed by atoms with Gasteiger partial charge in [0.25, 0.3) is 0 Å². The van der Waals surface area contributed by atoms with Gasteiger partial charge >= 0.3 is 0 Å². The van der Waals surface area contributed by atoms with Crippen LogP contribution in [0.25, 0.3) is 10.8 Å². The second kappa shape index (κ2) is 10.0. The Bertz CT molecular complexity index is 1040. The molecule has 0 aliphatic carbocycles. The highest BCUT2D eigenvalue weighted by Gasteiger charge is 2.12. The molecule has 1 fully saturated rings. The molecule has 31 heavy (non-hydrogen) atoms. The van der Waals surface area contributed by atoms with Gasteiger partial charge in [-0.25, -0.2) is 4.98 Å². The Morgan fingerprint density at radius 2 is 1.74 bits per heavy atom. The summed E-state index contributed by atoms with van der Waals surface area (Å²) in [5.41, 5.74) is 1.86. The Labute approximate surface area is 181 Å². The first kappa shape index (κ1) is 20.8. The van der Waals surface area contributed by atoms with Gasteiger partial charge in [0.1, 0.15) is 5.82 Å². The summed E-state index contributed by atoms with van der Waals surface area (Å²) < 4.78 is 5.35. The summed E-state index contributed by atoms with van der Waals surface area (Å²) in [4.78, 5) is 31.1. The second-order valence-electron chi connectivity index (χ2n) is 7.49. The maximum Gasteiger partial charge on any atom is 0.239 e. The van der Waals surface area contributed by atoms with Crippen LogP contribution in [0.2, 0.25) is 0 Å². The molecule has 0 unspecified atom stereocenters. The average Bonchev–Trinajstić information content (AvgIpc) is 2.82. The number of hydrogen-bond acceptors (Lipinski definition) is 5. The zero-order valence-electron chi connectivity index (χ0n) is 17.3. The number of carbonyl (C=O) groups is 2. The molecule has 0 bridgehead atoms. The fourth-order valence-electron chi connectivity index (χ4n) is 3.62. The highest BCUT2D eigenvalue weighted by molar-refractivity contribution is 5.91. The summed E-state index contributed by atoms with van der Waals surface area (Å²) in [6, 6.07) is 17.8. The minimum atomic E-state index is -0.233. The van der Waals surface area contributed by atoms with E-state index < -0.39 is 0 Å². The van der Waals surface area contributed by atoms with Gasteiger partial charge in [-0.15, -0.1) is 0 Å². The quantitative estimate of drug-likeness (QED) is 0.614. The fraction of sp³-hybridized carbons (Fsp3) is 0.292. The monoisotopic (exact) mass is 418 g/mol. The van der Waals surface area contributed by atoms with Gasteiger partial charge < -0.3 is 20.3 Å². The van der Waals surface area contributed by atoms with Crippen molar-refractivity contribution in [1.29, 1.82) is 0 Å². The van der Waals surface area contributed by atoms with Crippen LogP contribution in [-0.4, -0.2) is 49.6 Å². The summed E-state index contributed by atoms with van der Waals surface area (Å²) in [6.45, 7) is 3.41. The van der Waals surface area contributed by atoms with E-state index in [1.165, 1.54) is 0 Å². The Hall–Kier alpha value is -3.45. The molecule has 1 aliphatic rings. The van der Waals surface area contributed by atoms with Crippen LogP contribution in [0.1, 0.15) is 11.1 Å². The number of nitrogens with one attached hydrogen (secondary N) is 2. The van der Waals surface area contributed by atoms with E-state index in [4.69, 9.17) is 4.74 Å². The number of ether oxygens (including phenoxy) is 1. The molecular formula is C24H26N4O3. The number of benzene rings is 2. The molecule has 2 N–H and O–H groups in total. The molecule has 4 rings (SSSR count). The molecule has 0 spiro atoms. The maximum atomic E-state index is 12.3. The highest BCUT2D eigenvalue weighted by Crippen LogP contribution is 2.18. The van der Waals surface area contributed by atoms with E-state index in [9.17, 15) is 9.59 Å². The summed E-state index contributed by atoms with van der Waals surface area (Å²) in [5, 5.41) is 7.67. The molecule has 7 heteroatoms. The van der Waals surface area contributed by atoms with Crippen LogP contribution in [0.3, 0.4) is 0 Å². The van der Waals surface area contributed by atoms with Crippen molar-refractivity contribution in [2.75, 3.05) is 37.7 Å². The molecule has 2 aromatic carbocycles. The number of fused-ring (bicyclic) bond motifs is 1. The summed E-state index contributed by atoms with van der Waals surface area (Å²) in [6.07, 6.45) is 2.01. The Morgan fingerprint density at radius 3 is 2.55 bits per heavy atom. The first-order valence-electron chi connectivity index (χ1n) is 10.5. The van der Waals surface area contributed by atoms with Gasteiger partial charge in [0.05, 0.1) is 26.2 Å². The zero-order chi connectivity index (χ0) is 21.5. The lowest BCUT2D eigenvalue weighted by Gasteiger charge is -2.27. The molecule has 7 nitrogen and oxygen atoms in total. The number of hydrogen-bond donors (Lipinski definition) is 2. The maximum absolute atomic E-state index is 12.3.